The molecule has 0 aliphatic carbocycles. The predicted octanol–water partition coefficient (Wildman–Crippen LogP) is 4.37. The van der Waals surface area contributed by atoms with Crippen molar-refractivity contribution in [3.63, 3.8) is 0 Å². The maximum absolute atomic E-state index is 13.2. The first kappa shape index (κ1) is 20.2. The lowest BCUT2D eigenvalue weighted by Crippen LogP contribution is -2.35. The summed E-state index contributed by atoms with van der Waals surface area (Å²) in [6.07, 6.45) is 0.466. The first-order valence-electron chi connectivity index (χ1n) is 9.82. The van der Waals surface area contributed by atoms with Crippen molar-refractivity contribution in [2.45, 2.75) is 12.5 Å². The Bertz CT molecular complexity index is 1180. The number of carbonyl (C=O) groups is 1. The summed E-state index contributed by atoms with van der Waals surface area (Å²) in [5.74, 6) is 0.950. The van der Waals surface area contributed by atoms with Crippen molar-refractivity contribution in [1.29, 1.82) is 5.26 Å². The molecule has 1 heterocycles. The molecular weight excluding hydrogens is 390 g/mol. The number of rotatable bonds is 5. The van der Waals surface area contributed by atoms with Gasteiger partial charge >= 0.3 is 0 Å². The molecular formula is C25H21N3O3. The molecule has 1 aliphatic heterocycles. The van der Waals surface area contributed by atoms with Gasteiger partial charge in [0.1, 0.15) is 0 Å². The first-order valence-corrected chi connectivity index (χ1v) is 9.82. The van der Waals surface area contributed by atoms with Crippen LogP contribution in [0.2, 0.25) is 0 Å². The zero-order chi connectivity index (χ0) is 21.8. The summed E-state index contributed by atoms with van der Waals surface area (Å²) in [6.45, 7) is 0. The third kappa shape index (κ3) is 3.86. The molecule has 0 saturated heterocycles. The molecule has 3 aromatic carbocycles. The number of amides is 1. The standard InChI is InChI=1S/C25H21N3O3/c1-30-23-13-12-17(15-24(23)31-2)14-21-19-10-6-7-11-20(19)22(16-26)28(27-21)25(29)18-8-4-3-5-9-18/h3-13,15,22H,14H2,1-2H3. The highest BCUT2D eigenvalue weighted by Gasteiger charge is 2.33. The van der Waals surface area contributed by atoms with Gasteiger partial charge in [0.15, 0.2) is 17.5 Å². The topological polar surface area (TPSA) is 74.9 Å². The Labute approximate surface area is 181 Å². The van der Waals surface area contributed by atoms with Crippen LogP contribution in [0.5, 0.6) is 11.5 Å². The van der Waals surface area contributed by atoms with E-state index >= 15 is 0 Å². The number of nitrogens with zero attached hydrogens (tertiary/aromatic N) is 3. The van der Waals surface area contributed by atoms with Gasteiger partial charge in [0.25, 0.3) is 5.91 Å². The fourth-order valence-corrected chi connectivity index (χ4v) is 3.69. The van der Waals surface area contributed by atoms with Crippen LogP contribution in [0.1, 0.15) is 33.1 Å². The molecule has 1 unspecified atom stereocenters. The SMILES string of the molecule is COc1ccc(CC2=NN(C(=O)c3ccccc3)C(C#N)c3ccccc32)cc1OC. The molecule has 6 nitrogen and oxygen atoms in total. The molecule has 0 spiro atoms. The molecule has 0 radical (unpaired) electrons. The van der Waals surface area contributed by atoms with Gasteiger partial charge in [-0.3, -0.25) is 4.79 Å². The summed E-state index contributed by atoms with van der Waals surface area (Å²) in [5.41, 5.74) is 3.77. The third-order valence-electron chi connectivity index (χ3n) is 5.21. The average molecular weight is 411 g/mol. The molecule has 154 valence electrons. The average Bonchev–Trinajstić information content (AvgIpc) is 2.83. The Kier molecular flexibility index (Phi) is 5.67. The Morgan fingerprint density at radius 1 is 1.00 bits per heavy atom. The number of hydrazone groups is 1. The minimum absolute atomic E-state index is 0.313. The summed E-state index contributed by atoms with van der Waals surface area (Å²) in [6, 6.07) is 23.6. The van der Waals surface area contributed by atoms with Crippen molar-refractivity contribution >= 4 is 11.6 Å². The normalized spacial score (nSPS) is 14.8. The highest BCUT2D eigenvalue weighted by molar-refractivity contribution is 6.06. The van der Waals surface area contributed by atoms with E-state index in [2.05, 4.69) is 11.2 Å². The van der Waals surface area contributed by atoms with Gasteiger partial charge in [-0.25, -0.2) is 5.01 Å². The Morgan fingerprint density at radius 3 is 2.42 bits per heavy atom. The fraction of sp³-hybridized carbons (Fsp3) is 0.160. The van der Waals surface area contributed by atoms with Crippen molar-refractivity contribution in [3.05, 3.63) is 95.1 Å². The van der Waals surface area contributed by atoms with E-state index < -0.39 is 6.04 Å². The lowest BCUT2D eigenvalue weighted by molar-refractivity contribution is 0.0718. The smallest absolute Gasteiger partial charge is 0.275 e. The van der Waals surface area contributed by atoms with Crippen LogP contribution in [-0.2, 0) is 6.42 Å². The molecule has 0 fully saturated rings. The predicted molar refractivity (Wildman–Crippen MR) is 117 cm³/mol. The highest BCUT2D eigenvalue weighted by Crippen LogP contribution is 2.33. The van der Waals surface area contributed by atoms with Gasteiger partial charge in [-0.05, 0) is 29.8 Å². The van der Waals surface area contributed by atoms with E-state index in [0.29, 0.717) is 29.2 Å². The van der Waals surface area contributed by atoms with E-state index in [0.717, 1.165) is 16.7 Å². The Balaban J connectivity index is 1.77. The molecule has 31 heavy (non-hydrogen) atoms. The number of fused-ring (bicyclic) bond motifs is 1. The van der Waals surface area contributed by atoms with Crippen LogP contribution in [0.3, 0.4) is 0 Å². The monoisotopic (exact) mass is 411 g/mol. The van der Waals surface area contributed by atoms with Crippen molar-refractivity contribution < 1.29 is 14.3 Å². The van der Waals surface area contributed by atoms with Crippen molar-refractivity contribution in [3.8, 4) is 17.6 Å². The van der Waals surface area contributed by atoms with Gasteiger partial charge in [-0.1, -0.05) is 48.5 Å². The van der Waals surface area contributed by atoms with E-state index in [1.807, 2.05) is 48.5 Å². The molecule has 0 N–H and O–H groups in total. The van der Waals surface area contributed by atoms with E-state index in [1.165, 1.54) is 5.01 Å². The van der Waals surface area contributed by atoms with Gasteiger partial charge in [0.05, 0.1) is 26.0 Å². The fourth-order valence-electron chi connectivity index (χ4n) is 3.69. The molecule has 0 bridgehead atoms. The van der Waals surface area contributed by atoms with Gasteiger partial charge in [0.2, 0.25) is 0 Å². The molecule has 1 aliphatic rings. The van der Waals surface area contributed by atoms with Gasteiger partial charge < -0.3 is 9.47 Å². The number of benzene rings is 3. The number of nitriles is 1. The highest BCUT2D eigenvalue weighted by atomic mass is 16.5. The van der Waals surface area contributed by atoms with Crippen LogP contribution in [0.4, 0.5) is 0 Å². The van der Waals surface area contributed by atoms with E-state index in [1.54, 1.807) is 38.5 Å². The van der Waals surface area contributed by atoms with Gasteiger partial charge in [0, 0.05) is 23.1 Å². The number of carbonyl (C=O) groups excluding carboxylic acids is 1. The quantitative estimate of drug-likeness (QED) is 0.625. The third-order valence-corrected chi connectivity index (χ3v) is 5.21. The second kappa shape index (κ2) is 8.72. The Hall–Kier alpha value is -4.11. The van der Waals surface area contributed by atoms with E-state index in [4.69, 9.17) is 9.47 Å². The molecule has 1 atom stereocenters. The van der Waals surface area contributed by atoms with Crippen LogP contribution >= 0.6 is 0 Å². The molecule has 6 heteroatoms. The van der Waals surface area contributed by atoms with Crippen molar-refractivity contribution in [2.24, 2.45) is 5.10 Å². The lowest BCUT2D eigenvalue weighted by Gasteiger charge is -2.30. The zero-order valence-electron chi connectivity index (χ0n) is 17.3. The number of hydrogen-bond acceptors (Lipinski definition) is 5. The van der Waals surface area contributed by atoms with Crippen LogP contribution in [-0.4, -0.2) is 30.8 Å². The molecule has 3 aromatic rings. The zero-order valence-corrected chi connectivity index (χ0v) is 17.3. The number of ether oxygens (including phenoxy) is 2. The van der Waals surface area contributed by atoms with Crippen LogP contribution in [0, 0.1) is 11.3 Å². The lowest BCUT2D eigenvalue weighted by atomic mass is 9.92. The van der Waals surface area contributed by atoms with Gasteiger partial charge in [-0.2, -0.15) is 10.4 Å². The molecule has 4 rings (SSSR count). The van der Waals surface area contributed by atoms with Gasteiger partial charge in [-0.15, -0.1) is 0 Å². The minimum atomic E-state index is -0.793. The number of hydrogen-bond donors (Lipinski definition) is 0. The van der Waals surface area contributed by atoms with Crippen molar-refractivity contribution in [2.75, 3.05) is 14.2 Å². The molecule has 0 saturated carbocycles. The summed E-state index contributed by atoms with van der Waals surface area (Å²) in [7, 11) is 3.18. The van der Waals surface area contributed by atoms with Crippen LogP contribution < -0.4 is 9.47 Å². The van der Waals surface area contributed by atoms with E-state index in [-0.39, 0.29) is 5.91 Å². The largest absolute Gasteiger partial charge is 0.493 e. The van der Waals surface area contributed by atoms with Crippen LogP contribution in [0.15, 0.2) is 77.9 Å². The number of methoxy groups -OCH3 is 2. The molecule has 1 amide bonds. The molecule has 0 aromatic heterocycles. The first-order chi connectivity index (χ1) is 15.2. The second-order valence-electron chi connectivity index (χ2n) is 7.05. The maximum atomic E-state index is 13.2. The van der Waals surface area contributed by atoms with Crippen molar-refractivity contribution in [1.82, 2.24) is 5.01 Å². The van der Waals surface area contributed by atoms with E-state index in [9.17, 15) is 10.1 Å². The second-order valence-corrected chi connectivity index (χ2v) is 7.05. The Morgan fingerprint density at radius 2 is 1.71 bits per heavy atom. The summed E-state index contributed by atoms with van der Waals surface area (Å²) in [5, 5.41) is 15.8. The van der Waals surface area contributed by atoms with Crippen LogP contribution in [0.25, 0.3) is 0 Å². The summed E-state index contributed by atoms with van der Waals surface area (Å²) < 4.78 is 10.7. The summed E-state index contributed by atoms with van der Waals surface area (Å²) in [4.78, 5) is 13.2. The summed E-state index contributed by atoms with van der Waals surface area (Å²) >= 11 is 0. The maximum Gasteiger partial charge on any atom is 0.275 e. The minimum Gasteiger partial charge on any atom is -0.493 e.